The molecule has 0 radical (unpaired) electrons. The molecule has 0 fully saturated rings. The summed E-state index contributed by atoms with van der Waals surface area (Å²) in [6.45, 7) is 2.12. The summed E-state index contributed by atoms with van der Waals surface area (Å²) in [5, 5.41) is 3.88. The van der Waals surface area contributed by atoms with E-state index in [4.69, 9.17) is 16.3 Å². The molecular weight excluding hydrogens is 286 g/mol. The van der Waals surface area contributed by atoms with Gasteiger partial charge >= 0.3 is 5.97 Å². The van der Waals surface area contributed by atoms with Gasteiger partial charge in [-0.25, -0.2) is 4.79 Å². The smallest absolute Gasteiger partial charge is 0.332 e. The van der Waals surface area contributed by atoms with Crippen molar-refractivity contribution in [2.45, 2.75) is 6.92 Å². The molecule has 2 aromatic rings. The molecule has 0 atom stereocenters. The Morgan fingerprint density at radius 2 is 1.81 bits per heavy atom. The van der Waals surface area contributed by atoms with Crippen LogP contribution >= 0.6 is 11.6 Å². The first-order chi connectivity index (χ1) is 10.2. The van der Waals surface area contributed by atoms with E-state index in [2.05, 4.69) is 5.32 Å². The van der Waals surface area contributed by atoms with Crippen molar-refractivity contribution in [2.75, 3.05) is 11.9 Å². The molecule has 0 unspecified atom stereocenters. The van der Waals surface area contributed by atoms with Gasteiger partial charge < -0.3 is 10.1 Å². The van der Waals surface area contributed by atoms with Crippen LogP contribution in [0, 0.1) is 0 Å². The van der Waals surface area contributed by atoms with Gasteiger partial charge in [0.25, 0.3) is 0 Å². The Labute approximate surface area is 129 Å². The summed E-state index contributed by atoms with van der Waals surface area (Å²) in [5.41, 5.74) is 2.43. The number of hydrogen-bond acceptors (Lipinski definition) is 3. The van der Waals surface area contributed by atoms with Gasteiger partial charge in [-0.05, 0) is 36.8 Å². The van der Waals surface area contributed by atoms with Crippen molar-refractivity contribution < 1.29 is 9.53 Å². The molecule has 2 rings (SSSR count). The molecule has 0 aliphatic heterocycles. The van der Waals surface area contributed by atoms with Crippen LogP contribution in [0.5, 0.6) is 0 Å². The molecule has 0 aliphatic rings. The van der Waals surface area contributed by atoms with E-state index in [9.17, 15) is 4.79 Å². The van der Waals surface area contributed by atoms with Crippen molar-refractivity contribution in [3.05, 3.63) is 71.3 Å². The largest absolute Gasteiger partial charge is 0.463 e. The summed E-state index contributed by atoms with van der Waals surface area (Å²) in [4.78, 5) is 11.7. The van der Waals surface area contributed by atoms with Gasteiger partial charge in [-0.2, -0.15) is 0 Å². The van der Waals surface area contributed by atoms with Gasteiger partial charge in [0.15, 0.2) is 0 Å². The minimum absolute atomic E-state index is 0.346. The Bertz CT molecular complexity index is 621. The lowest BCUT2D eigenvalue weighted by atomic mass is 10.1. The van der Waals surface area contributed by atoms with Crippen LogP contribution in [-0.2, 0) is 9.53 Å². The van der Waals surface area contributed by atoms with E-state index in [1.54, 1.807) is 19.1 Å². The molecule has 4 heteroatoms. The Balaban J connectivity index is 2.28. The maximum Gasteiger partial charge on any atom is 0.332 e. The fourth-order valence-electron chi connectivity index (χ4n) is 1.80. The third kappa shape index (κ3) is 4.65. The average molecular weight is 302 g/mol. The fourth-order valence-corrected chi connectivity index (χ4v) is 1.93. The average Bonchev–Trinajstić information content (AvgIpc) is 2.50. The molecule has 0 spiro atoms. The second-order valence-electron chi connectivity index (χ2n) is 4.31. The number of rotatable bonds is 5. The predicted octanol–water partition coefficient (Wildman–Crippen LogP) is 4.36. The van der Waals surface area contributed by atoms with Gasteiger partial charge in [-0.1, -0.05) is 41.9 Å². The highest BCUT2D eigenvalue weighted by molar-refractivity contribution is 6.30. The lowest BCUT2D eigenvalue weighted by Gasteiger charge is -2.11. The number of carbonyl (C=O) groups excluding carboxylic acids is 1. The van der Waals surface area contributed by atoms with E-state index in [1.165, 1.54) is 6.08 Å². The number of hydrogen-bond donors (Lipinski definition) is 1. The van der Waals surface area contributed by atoms with Crippen LogP contribution < -0.4 is 5.32 Å². The molecule has 0 saturated carbocycles. The van der Waals surface area contributed by atoms with Gasteiger partial charge in [0.05, 0.1) is 12.3 Å². The lowest BCUT2D eigenvalue weighted by Crippen LogP contribution is -2.05. The van der Waals surface area contributed by atoms with Gasteiger partial charge in [0.1, 0.15) is 0 Å². The Morgan fingerprint density at radius 3 is 2.43 bits per heavy atom. The lowest BCUT2D eigenvalue weighted by molar-refractivity contribution is -0.137. The number of carbonyl (C=O) groups is 1. The molecule has 1 N–H and O–H groups in total. The fraction of sp³-hybridized carbons (Fsp3) is 0.118. The molecule has 0 saturated heterocycles. The summed E-state index contributed by atoms with van der Waals surface area (Å²) >= 11 is 5.87. The monoisotopic (exact) mass is 301 g/mol. The van der Waals surface area contributed by atoms with Crippen molar-refractivity contribution >= 4 is 29.0 Å². The molecule has 0 aliphatic carbocycles. The number of benzene rings is 2. The maximum absolute atomic E-state index is 11.7. The summed E-state index contributed by atoms with van der Waals surface area (Å²) in [6, 6.07) is 16.9. The summed E-state index contributed by atoms with van der Waals surface area (Å²) in [5.74, 6) is -0.377. The van der Waals surface area contributed by atoms with Crippen LogP contribution in [0.3, 0.4) is 0 Å². The highest BCUT2D eigenvalue weighted by atomic mass is 35.5. The summed E-state index contributed by atoms with van der Waals surface area (Å²) in [7, 11) is 0. The van der Waals surface area contributed by atoms with Crippen molar-refractivity contribution in [3.63, 3.8) is 0 Å². The van der Waals surface area contributed by atoms with Crippen molar-refractivity contribution in [3.8, 4) is 0 Å². The first-order valence-electron chi connectivity index (χ1n) is 6.65. The van der Waals surface area contributed by atoms with E-state index in [0.29, 0.717) is 17.3 Å². The van der Waals surface area contributed by atoms with E-state index < -0.39 is 0 Å². The van der Waals surface area contributed by atoms with Crippen molar-refractivity contribution in [2.24, 2.45) is 0 Å². The van der Waals surface area contributed by atoms with Gasteiger partial charge in [0.2, 0.25) is 0 Å². The number of esters is 1. The third-order valence-electron chi connectivity index (χ3n) is 2.76. The second kappa shape index (κ2) is 7.50. The minimum Gasteiger partial charge on any atom is -0.463 e. The molecule has 21 heavy (non-hydrogen) atoms. The molecule has 108 valence electrons. The summed E-state index contributed by atoms with van der Waals surface area (Å²) < 4.78 is 4.97. The van der Waals surface area contributed by atoms with E-state index in [-0.39, 0.29) is 5.97 Å². The quantitative estimate of drug-likeness (QED) is 0.659. The highest BCUT2D eigenvalue weighted by Crippen LogP contribution is 2.20. The van der Waals surface area contributed by atoms with Gasteiger partial charge in [0, 0.05) is 16.8 Å². The van der Waals surface area contributed by atoms with Crippen LogP contribution in [0.4, 0.5) is 5.69 Å². The standard InChI is InChI=1S/C17H16ClNO2/c1-2-21-17(20)12-16(13-6-4-3-5-7-13)19-15-10-8-14(18)9-11-15/h3-12,19H,2H2,1H3. The normalized spacial score (nSPS) is 11.0. The SMILES string of the molecule is CCOC(=O)C=C(Nc1ccc(Cl)cc1)c1ccccc1. The van der Waals surface area contributed by atoms with E-state index in [1.807, 2.05) is 42.5 Å². The molecule has 3 nitrogen and oxygen atoms in total. The van der Waals surface area contributed by atoms with Gasteiger partial charge in [-0.15, -0.1) is 0 Å². The molecule has 2 aromatic carbocycles. The van der Waals surface area contributed by atoms with Crippen LogP contribution in [-0.4, -0.2) is 12.6 Å². The topological polar surface area (TPSA) is 38.3 Å². The Kier molecular flexibility index (Phi) is 5.41. The summed E-state index contributed by atoms with van der Waals surface area (Å²) in [6.07, 6.45) is 1.45. The molecule has 0 heterocycles. The number of halogens is 1. The molecule has 0 aromatic heterocycles. The number of ether oxygens (including phenoxy) is 1. The zero-order valence-corrected chi connectivity index (χ0v) is 12.4. The molecular formula is C17H16ClNO2. The van der Waals surface area contributed by atoms with Crippen LogP contribution in [0.25, 0.3) is 5.70 Å². The van der Waals surface area contributed by atoms with Crippen LogP contribution in [0.1, 0.15) is 12.5 Å². The van der Waals surface area contributed by atoms with Gasteiger partial charge in [-0.3, -0.25) is 0 Å². The van der Waals surface area contributed by atoms with Crippen molar-refractivity contribution in [1.82, 2.24) is 0 Å². The predicted molar refractivity (Wildman–Crippen MR) is 86.1 cm³/mol. The minimum atomic E-state index is -0.377. The highest BCUT2D eigenvalue weighted by Gasteiger charge is 2.06. The molecule has 0 amide bonds. The van der Waals surface area contributed by atoms with Crippen LogP contribution in [0.15, 0.2) is 60.7 Å². The Hall–Kier alpha value is -2.26. The Morgan fingerprint density at radius 1 is 1.14 bits per heavy atom. The number of nitrogens with one attached hydrogen (secondary N) is 1. The zero-order chi connectivity index (χ0) is 15.1. The zero-order valence-electron chi connectivity index (χ0n) is 11.7. The second-order valence-corrected chi connectivity index (χ2v) is 4.74. The van der Waals surface area contributed by atoms with Crippen molar-refractivity contribution in [1.29, 1.82) is 0 Å². The maximum atomic E-state index is 11.7. The van der Waals surface area contributed by atoms with E-state index in [0.717, 1.165) is 11.3 Å². The number of anilines is 1. The first-order valence-corrected chi connectivity index (χ1v) is 7.03. The van der Waals surface area contributed by atoms with E-state index >= 15 is 0 Å². The molecule has 0 bridgehead atoms. The first kappa shape index (κ1) is 15.1. The van der Waals surface area contributed by atoms with Crippen LogP contribution in [0.2, 0.25) is 5.02 Å². The third-order valence-corrected chi connectivity index (χ3v) is 3.01.